The highest BCUT2D eigenvalue weighted by Crippen LogP contribution is 2.15. The zero-order valence-electron chi connectivity index (χ0n) is 14.0. The zero-order chi connectivity index (χ0) is 16.8. The van der Waals surface area contributed by atoms with Gasteiger partial charge in [0.05, 0.1) is 10.7 Å². The van der Waals surface area contributed by atoms with Gasteiger partial charge in [0, 0.05) is 31.9 Å². The Hall–Kier alpha value is -2.40. The molecule has 0 saturated carbocycles. The number of aryl methyl sites for hydroxylation is 1. The van der Waals surface area contributed by atoms with E-state index in [0.717, 1.165) is 36.2 Å². The quantitative estimate of drug-likeness (QED) is 0.553. The third-order valence-corrected chi connectivity index (χ3v) is 4.66. The number of aromatic nitrogens is 1. The van der Waals surface area contributed by atoms with Crippen LogP contribution in [-0.4, -0.2) is 24.5 Å². The highest BCUT2D eigenvalue weighted by Gasteiger charge is 2.02. The van der Waals surface area contributed by atoms with E-state index in [0.29, 0.717) is 0 Å². The third kappa shape index (κ3) is 4.32. The fraction of sp³-hybridized carbons (Fsp3) is 0.263. The first kappa shape index (κ1) is 16.5. The summed E-state index contributed by atoms with van der Waals surface area (Å²) in [6.07, 6.45) is 0.904. The van der Waals surface area contributed by atoms with E-state index in [-0.39, 0.29) is 0 Å². The number of fused-ring (bicyclic) bond motifs is 1. The second kappa shape index (κ2) is 7.93. The van der Waals surface area contributed by atoms with Gasteiger partial charge in [0.25, 0.3) is 0 Å². The molecule has 2 N–H and O–H groups in total. The molecule has 2 aromatic carbocycles. The van der Waals surface area contributed by atoms with Crippen molar-refractivity contribution < 1.29 is 0 Å². The molecule has 0 atom stereocenters. The Morgan fingerprint density at radius 1 is 1.12 bits per heavy atom. The average molecular weight is 338 g/mol. The van der Waals surface area contributed by atoms with Crippen LogP contribution in [0.3, 0.4) is 0 Å². The maximum atomic E-state index is 4.47. The van der Waals surface area contributed by atoms with Crippen LogP contribution in [0.4, 0.5) is 0 Å². The summed E-state index contributed by atoms with van der Waals surface area (Å²) in [5, 5.41) is 12.5. The van der Waals surface area contributed by atoms with Crippen LogP contribution in [-0.2, 0) is 13.0 Å². The van der Waals surface area contributed by atoms with Crippen LogP contribution in [0.25, 0.3) is 10.8 Å². The summed E-state index contributed by atoms with van der Waals surface area (Å²) in [4.78, 5) is 8.75. The summed E-state index contributed by atoms with van der Waals surface area (Å²) in [6.45, 7) is 3.60. The Kier molecular flexibility index (Phi) is 5.43. The summed E-state index contributed by atoms with van der Waals surface area (Å²) in [6, 6.07) is 14.9. The van der Waals surface area contributed by atoms with Crippen LogP contribution in [0.15, 0.2) is 52.8 Å². The van der Waals surface area contributed by atoms with Crippen molar-refractivity contribution in [3.8, 4) is 0 Å². The standard InChI is InChI=1S/C19H22N4S/c1-14-23-18(13-24-14)9-10-21-19(20-2)22-12-15-7-8-16-5-3-4-6-17(16)11-15/h3-8,11,13H,9-10,12H2,1-2H3,(H2,20,21,22). The van der Waals surface area contributed by atoms with Gasteiger partial charge in [-0.15, -0.1) is 11.3 Å². The molecular formula is C19H22N4S. The zero-order valence-corrected chi connectivity index (χ0v) is 14.9. The maximum Gasteiger partial charge on any atom is 0.191 e. The Bertz CT molecular complexity index is 838. The third-order valence-electron chi connectivity index (χ3n) is 3.84. The van der Waals surface area contributed by atoms with Gasteiger partial charge in [-0.3, -0.25) is 4.99 Å². The maximum absolute atomic E-state index is 4.47. The Morgan fingerprint density at radius 3 is 2.71 bits per heavy atom. The summed E-state index contributed by atoms with van der Waals surface area (Å²) in [5.74, 6) is 0.815. The molecule has 3 aromatic rings. The summed E-state index contributed by atoms with van der Waals surface area (Å²) >= 11 is 1.69. The average Bonchev–Trinajstić information content (AvgIpc) is 3.03. The fourth-order valence-electron chi connectivity index (χ4n) is 2.59. The van der Waals surface area contributed by atoms with E-state index in [9.17, 15) is 0 Å². The molecule has 0 amide bonds. The lowest BCUT2D eigenvalue weighted by molar-refractivity contribution is 0.786. The van der Waals surface area contributed by atoms with Crippen LogP contribution < -0.4 is 10.6 Å². The number of rotatable bonds is 5. The summed E-state index contributed by atoms with van der Waals surface area (Å²) in [7, 11) is 1.79. The van der Waals surface area contributed by atoms with Gasteiger partial charge in [0.15, 0.2) is 5.96 Å². The van der Waals surface area contributed by atoms with Crippen molar-refractivity contribution in [1.82, 2.24) is 15.6 Å². The molecule has 0 aliphatic rings. The molecule has 124 valence electrons. The SMILES string of the molecule is CN=C(NCCc1csc(C)n1)NCc1ccc2ccccc2c1. The second-order valence-corrected chi connectivity index (χ2v) is 6.70. The molecule has 0 spiro atoms. The first-order chi connectivity index (χ1) is 11.7. The summed E-state index contributed by atoms with van der Waals surface area (Å²) < 4.78 is 0. The molecule has 0 unspecified atom stereocenters. The van der Waals surface area contributed by atoms with Crippen molar-refractivity contribution in [3.05, 3.63) is 64.1 Å². The van der Waals surface area contributed by atoms with Gasteiger partial charge in [-0.2, -0.15) is 0 Å². The highest BCUT2D eigenvalue weighted by molar-refractivity contribution is 7.09. The fourth-order valence-corrected chi connectivity index (χ4v) is 3.23. The molecule has 0 saturated heterocycles. The van der Waals surface area contributed by atoms with E-state index >= 15 is 0 Å². The van der Waals surface area contributed by atoms with Crippen LogP contribution >= 0.6 is 11.3 Å². The molecule has 4 nitrogen and oxygen atoms in total. The van der Waals surface area contributed by atoms with Crippen LogP contribution in [0.5, 0.6) is 0 Å². The number of thiazole rings is 1. The van der Waals surface area contributed by atoms with E-state index in [1.165, 1.54) is 16.3 Å². The first-order valence-electron chi connectivity index (χ1n) is 8.08. The predicted molar refractivity (Wildman–Crippen MR) is 103 cm³/mol. The van der Waals surface area contributed by atoms with Gasteiger partial charge in [-0.05, 0) is 29.3 Å². The van der Waals surface area contributed by atoms with Crippen LogP contribution in [0.2, 0.25) is 0 Å². The minimum absolute atomic E-state index is 0.750. The van der Waals surface area contributed by atoms with Crippen molar-refractivity contribution in [2.45, 2.75) is 19.9 Å². The van der Waals surface area contributed by atoms with Crippen molar-refractivity contribution in [3.63, 3.8) is 0 Å². The first-order valence-corrected chi connectivity index (χ1v) is 8.96. The topological polar surface area (TPSA) is 49.3 Å². The number of nitrogens with one attached hydrogen (secondary N) is 2. The van der Waals surface area contributed by atoms with E-state index in [2.05, 4.69) is 68.5 Å². The largest absolute Gasteiger partial charge is 0.356 e. The number of nitrogens with zero attached hydrogens (tertiary/aromatic N) is 2. The van der Waals surface area contributed by atoms with Gasteiger partial charge in [-0.1, -0.05) is 36.4 Å². The molecule has 0 bridgehead atoms. The van der Waals surface area contributed by atoms with E-state index in [1.807, 2.05) is 6.92 Å². The minimum Gasteiger partial charge on any atom is -0.356 e. The van der Waals surface area contributed by atoms with Gasteiger partial charge in [-0.25, -0.2) is 4.98 Å². The summed E-state index contributed by atoms with van der Waals surface area (Å²) in [5.41, 5.74) is 2.38. The minimum atomic E-state index is 0.750. The van der Waals surface area contributed by atoms with Crippen molar-refractivity contribution in [2.75, 3.05) is 13.6 Å². The molecule has 1 heterocycles. The lowest BCUT2D eigenvalue weighted by Gasteiger charge is -2.12. The molecule has 0 aliphatic heterocycles. The Morgan fingerprint density at radius 2 is 1.96 bits per heavy atom. The lowest BCUT2D eigenvalue weighted by atomic mass is 10.1. The smallest absolute Gasteiger partial charge is 0.191 e. The number of guanidine groups is 1. The van der Waals surface area contributed by atoms with Gasteiger partial charge < -0.3 is 10.6 Å². The lowest BCUT2D eigenvalue weighted by Crippen LogP contribution is -2.37. The van der Waals surface area contributed by atoms with Crippen LogP contribution in [0.1, 0.15) is 16.3 Å². The van der Waals surface area contributed by atoms with E-state index in [4.69, 9.17) is 0 Å². The molecular weight excluding hydrogens is 316 g/mol. The Labute approximate surface area is 146 Å². The van der Waals surface area contributed by atoms with Gasteiger partial charge in [0.1, 0.15) is 0 Å². The number of benzene rings is 2. The van der Waals surface area contributed by atoms with Gasteiger partial charge in [0.2, 0.25) is 0 Å². The Balaban J connectivity index is 1.51. The van der Waals surface area contributed by atoms with E-state index in [1.54, 1.807) is 18.4 Å². The molecule has 0 radical (unpaired) electrons. The van der Waals surface area contributed by atoms with Gasteiger partial charge >= 0.3 is 0 Å². The van der Waals surface area contributed by atoms with E-state index < -0.39 is 0 Å². The number of hydrogen-bond acceptors (Lipinski definition) is 3. The normalized spacial score (nSPS) is 11.7. The van der Waals surface area contributed by atoms with Crippen molar-refractivity contribution in [1.29, 1.82) is 0 Å². The molecule has 1 aromatic heterocycles. The molecule has 0 fully saturated rings. The number of hydrogen-bond donors (Lipinski definition) is 2. The van der Waals surface area contributed by atoms with Crippen molar-refractivity contribution >= 4 is 28.1 Å². The monoisotopic (exact) mass is 338 g/mol. The highest BCUT2D eigenvalue weighted by atomic mass is 32.1. The second-order valence-electron chi connectivity index (χ2n) is 5.64. The number of aliphatic imine (C=N–C) groups is 1. The molecule has 5 heteroatoms. The predicted octanol–water partition coefficient (Wildman–Crippen LogP) is 3.51. The molecule has 0 aliphatic carbocycles. The molecule has 24 heavy (non-hydrogen) atoms. The molecule has 3 rings (SSSR count). The van der Waals surface area contributed by atoms with Crippen LogP contribution in [0, 0.1) is 6.92 Å². The van der Waals surface area contributed by atoms with Crippen molar-refractivity contribution in [2.24, 2.45) is 4.99 Å².